The van der Waals surface area contributed by atoms with Crippen molar-refractivity contribution in [1.82, 2.24) is 19.9 Å². The van der Waals surface area contributed by atoms with Crippen LogP contribution in [0.25, 0.3) is 10.3 Å². The van der Waals surface area contributed by atoms with Crippen molar-refractivity contribution in [1.29, 1.82) is 0 Å². The number of amides is 1. The highest BCUT2D eigenvalue weighted by atomic mass is 32.1. The molecule has 1 atom stereocenters. The van der Waals surface area contributed by atoms with Crippen molar-refractivity contribution in [3.05, 3.63) is 5.51 Å². The lowest BCUT2D eigenvalue weighted by Gasteiger charge is -2.41. The second kappa shape index (κ2) is 6.60. The van der Waals surface area contributed by atoms with Gasteiger partial charge in [0.2, 0.25) is 5.95 Å². The summed E-state index contributed by atoms with van der Waals surface area (Å²) in [6.07, 6.45) is -0.424. The lowest BCUT2D eigenvalue weighted by molar-refractivity contribution is 0.00701. The van der Waals surface area contributed by atoms with E-state index < -0.39 is 17.7 Å². The third kappa shape index (κ3) is 3.74. The smallest absolute Gasteiger partial charge is 0.410 e. The lowest BCUT2D eigenvalue weighted by Crippen LogP contribution is -2.57. The maximum Gasteiger partial charge on any atom is 0.410 e. The number of nitrogens with two attached hydrogens (primary N) is 1. The van der Waals surface area contributed by atoms with Crippen LogP contribution in [-0.4, -0.2) is 68.9 Å². The molecular formula is C15H22N6O3S. The van der Waals surface area contributed by atoms with Gasteiger partial charge in [0.15, 0.2) is 10.6 Å². The zero-order valence-corrected chi connectivity index (χ0v) is 15.3. The van der Waals surface area contributed by atoms with Crippen molar-refractivity contribution in [3.8, 4) is 0 Å². The summed E-state index contributed by atoms with van der Waals surface area (Å²) < 4.78 is 5.43. The molecule has 25 heavy (non-hydrogen) atoms. The van der Waals surface area contributed by atoms with Crippen molar-refractivity contribution in [2.24, 2.45) is 0 Å². The summed E-state index contributed by atoms with van der Waals surface area (Å²) in [6.45, 7) is 6.65. The van der Waals surface area contributed by atoms with Crippen molar-refractivity contribution in [2.45, 2.75) is 32.4 Å². The van der Waals surface area contributed by atoms with Crippen LogP contribution in [0.5, 0.6) is 0 Å². The first kappa shape index (κ1) is 17.6. The fourth-order valence-corrected chi connectivity index (χ4v) is 3.41. The van der Waals surface area contributed by atoms with E-state index in [1.807, 2.05) is 25.7 Å². The molecule has 0 unspecified atom stereocenters. The molecule has 9 nitrogen and oxygen atoms in total. The topological polar surface area (TPSA) is 118 Å². The molecule has 0 radical (unpaired) electrons. The largest absolute Gasteiger partial charge is 0.444 e. The SMILES string of the molecule is CC(C)(C)OC(=O)N1CCN(c2nc(N)nc3scnc23)C[C@H]1CO. The van der Waals surface area contributed by atoms with Crippen molar-refractivity contribution >= 4 is 39.5 Å². The molecule has 3 rings (SSSR count). The maximum atomic E-state index is 12.4. The third-order valence-electron chi connectivity index (χ3n) is 3.82. The predicted octanol–water partition coefficient (Wildman–Crippen LogP) is 1.09. The van der Waals surface area contributed by atoms with Gasteiger partial charge in [-0.3, -0.25) is 4.90 Å². The first-order valence-electron chi connectivity index (χ1n) is 8.00. The average Bonchev–Trinajstić information content (AvgIpc) is 2.99. The summed E-state index contributed by atoms with van der Waals surface area (Å²) in [5, 5.41) is 9.75. The Morgan fingerprint density at radius 2 is 2.20 bits per heavy atom. The number of carbonyl (C=O) groups excluding carboxylic acids is 1. The van der Waals surface area contributed by atoms with Crippen molar-refractivity contribution in [3.63, 3.8) is 0 Å². The number of aromatic nitrogens is 3. The van der Waals surface area contributed by atoms with Gasteiger partial charge in [-0.2, -0.15) is 4.98 Å². The molecular weight excluding hydrogens is 344 g/mol. The summed E-state index contributed by atoms with van der Waals surface area (Å²) in [4.78, 5) is 29.4. The Kier molecular flexibility index (Phi) is 4.65. The van der Waals surface area contributed by atoms with Crippen LogP contribution in [0.15, 0.2) is 5.51 Å². The van der Waals surface area contributed by atoms with E-state index in [0.717, 1.165) is 4.83 Å². The quantitative estimate of drug-likeness (QED) is 0.811. The van der Waals surface area contributed by atoms with Gasteiger partial charge in [-0.25, -0.2) is 14.8 Å². The summed E-state index contributed by atoms with van der Waals surface area (Å²) >= 11 is 1.40. The van der Waals surface area contributed by atoms with Crippen LogP contribution >= 0.6 is 11.3 Å². The Hall–Kier alpha value is -2.20. The maximum absolute atomic E-state index is 12.4. The van der Waals surface area contributed by atoms with E-state index in [2.05, 4.69) is 15.0 Å². The van der Waals surface area contributed by atoms with Gasteiger partial charge in [0, 0.05) is 19.6 Å². The van der Waals surface area contributed by atoms with Gasteiger partial charge in [0.25, 0.3) is 0 Å². The van der Waals surface area contributed by atoms with Gasteiger partial charge in [-0.05, 0) is 20.8 Å². The number of piperazine rings is 1. The molecule has 1 aliphatic heterocycles. The molecule has 0 spiro atoms. The normalized spacial score (nSPS) is 18.6. The van der Waals surface area contributed by atoms with E-state index >= 15 is 0 Å². The summed E-state index contributed by atoms with van der Waals surface area (Å²) in [7, 11) is 0. The summed E-state index contributed by atoms with van der Waals surface area (Å²) in [5.74, 6) is 0.813. The highest BCUT2D eigenvalue weighted by Crippen LogP contribution is 2.28. The number of fused-ring (bicyclic) bond motifs is 1. The van der Waals surface area contributed by atoms with Gasteiger partial charge in [-0.1, -0.05) is 0 Å². The monoisotopic (exact) mass is 366 g/mol. The fourth-order valence-electron chi connectivity index (χ4n) is 2.75. The van der Waals surface area contributed by atoms with Crippen LogP contribution in [-0.2, 0) is 4.74 Å². The number of carbonyl (C=O) groups is 1. The molecule has 0 aliphatic carbocycles. The van der Waals surface area contributed by atoms with Gasteiger partial charge in [0.1, 0.15) is 11.1 Å². The van der Waals surface area contributed by atoms with Crippen molar-refractivity contribution < 1.29 is 14.6 Å². The molecule has 2 aromatic heterocycles. The molecule has 1 amide bonds. The summed E-state index contributed by atoms with van der Waals surface area (Å²) in [5.41, 5.74) is 7.60. The van der Waals surface area contributed by atoms with Crippen LogP contribution in [0.3, 0.4) is 0 Å². The first-order chi connectivity index (χ1) is 11.8. The average molecular weight is 366 g/mol. The summed E-state index contributed by atoms with van der Waals surface area (Å²) in [6, 6.07) is -0.395. The number of anilines is 2. The van der Waals surface area contributed by atoms with Crippen LogP contribution in [0.2, 0.25) is 0 Å². The van der Waals surface area contributed by atoms with E-state index in [-0.39, 0.29) is 12.6 Å². The Bertz CT molecular complexity index is 774. The molecule has 1 fully saturated rings. The Labute approximate surface area is 149 Å². The Morgan fingerprint density at radius 3 is 2.88 bits per heavy atom. The van der Waals surface area contributed by atoms with Crippen LogP contribution < -0.4 is 10.6 Å². The van der Waals surface area contributed by atoms with Crippen LogP contribution in [0.1, 0.15) is 20.8 Å². The third-order valence-corrected chi connectivity index (χ3v) is 4.54. The van der Waals surface area contributed by atoms with E-state index in [4.69, 9.17) is 10.5 Å². The van der Waals surface area contributed by atoms with Gasteiger partial charge < -0.3 is 20.5 Å². The second-order valence-corrected chi connectivity index (χ2v) is 7.70. The van der Waals surface area contributed by atoms with Gasteiger partial charge >= 0.3 is 6.09 Å². The number of nitrogens with zero attached hydrogens (tertiary/aromatic N) is 5. The minimum Gasteiger partial charge on any atom is -0.444 e. The van der Waals surface area contributed by atoms with Gasteiger partial charge in [0.05, 0.1) is 18.2 Å². The second-order valence-electron chi connectivity index (χ2n) is 6.87. The number of nitrogen functional groups attached to an aromatic ring is 1. The standard InChI is InChI=1S/C15H22N6O3S/c1-15(2,3)24-14(23)21-5-4-20(6-9(21)7-22)11-10-12(25-8-17-10)19-13(16)18-11/h8-9,22H,4-7H2,1-3H3,(H2,16,18,19)/t9-/m0/s1. The molecule has 10 heteroatoms. The molecule has 3 heterocycles. The number of aliphatic hydroxyl groups excluding tert-OH is 1. The zero-order valence-electron chi connectivity index (χ0n) is 14.5. The first-order valence-corrected chi connectivity index (χ1v) is 8.88. The number of thiazole rings is 1. The Morgan fingerprint density at radius 1 is 1.44 bits per heavy atom. The number of hydrogen-bond donors (Lipinski definition) is 2. The zero-order chi connectivity index (χ0) is 18.2. The van der Waals surface area contributed by atoms with E-state index in [1.165, 1.54) is 11.3 Å². The molecule has 1 aliphatic rings. The molecule has 3 N–H and O–H groups in total. The predicted molar refractivity (Wildman–Crippen MR) is 95.6 cm³/mol. The Balaban J connectivity index is 1.81. The van der Waals surface area contributed by atoms with Crippen molar-refractivity contribution in [2.75, 3.05) is 36.9 Å². The van der Waals surface area contributed by atoms with E-state index in [0.29, 0.717) is 31.0 Å². The molecule has 0 aromatic carbocycles. The minimum absolute atomic E-state index is 0.170. The highest BCUT2D eigenvalue weighted by molar-refractivity contribution is 7.16. The van der Waals surface area contributed by atoms with Gasteiger partial charge in [-0.15, -0.1) is 11.3 Å². The number of hydrogen-bond acceptors (Lipinski definition) is 9. The molecule has 0 bridgehead atoms. The van der Waals surface area contributed by atoms with E-state index in [9.17, 15) is 9.90 Å². The number of ether oxygens (including phenoxy) is 1. The minimum atomic E-state index is -0.581. The number of aliphatic hydroxyl groups is 1. The van der Waals surface area contributed by atoms with Crippen LogP contribution in [0, 0.1) is 0 Å². The van der Waals surface area contributed by atoms with E-state index in [1.54, 1.807) is 10.4 Å². The highest BCUT2D eigenvalue weighted by Gasteiger charge is 2.34. The molecule has 0 saturated carbocycles. The lowest BCUT2D eigenvalue weighted by atomic mass is 10.1. The molecule has 2 aromatic rings. The number of rotatable bonds is 2. The molecule has 136 valence electrons. The molecule has 1 saturated heterocycles. The fraction of sp³-hybridized carbons (Fsp3) is 0.600. The van der Waals surface area contributed by atoms with Crippen LogP contribution in [0.4, 0.5) is 16.6 Å².